The van der Waals surface area contributed by atoms with Crippen LogP contribution in [0, 0.1) is 19.3 Å². The molecule has 2 N–H and O–H groups in total. The Labute approximate surface area is 217 Å². The molecule has 0 aliphatic carbocycles. The monoisotopic (exact) mass is 492 g/mol. The fraction of sp³-hybridized carbons (Fsp3) is 0.226. The van der Waals surface area contributed by atoms with Crippen molar-refractivity contribution < 1.29 is 9.59 Å². The first kappa shape index (κ1) is 25.8. The third kappa shape index (κ3) is 5.92. The Bertz CT molecular complexity index is 1530. The molecule has 188 valence electrons. The Morgan fingerprint density at radius 1 is 0.892 bits per heavy atom. The molecule has 3 aromatic carbocycles. The molecular formula is C31H32N4O2. The molecule has 0 unspecified atom stereocenters. The summed E-state index contributed by atoms with van der Waals surface area (Å²) in [6.07, 6.45) is 0. The van der Waals surface area contributed by atoms with Gasteiger partial charge in [-0.25, -0.2) is 10.4 Å². The van der Waals surface area contributed by atoms with E-state index in [0.717, 1.165) is 33.3 Å². The summed E-state index contributed by atoms with van der Waals surface area (Å²) in [6, 6.07) is 23.0. The summed E-state index contributed by atoms with van der Waals surface area (Å²) in [4.78, 5) is 30.5. The van der Waals surface area contributed by atoms with Gasteiger partial charge in [0.15, 0.2) is 0 Å². The first-order valence-corrected chi connectivity index (χ1v) is 12.3. The Kier molecular flexibility index (Phi) is 7.21. The smallest absolute Gasteiger partial charge is 0.272 e. The number of fused-ring (bicyclic) bond motifs is 1. The molecular weight excluding hydrogens is 460 g/mol. The van der Waals surface area contributed by atoms with Gasteiger partial charge in [-0.15, -0.1) is 0 Å². The Hall–Kier alpha value is -4.32. The van der Waals surface area contributed by atoms with Crippen LogP contribution in [0.2, 0.25) is 0 Å². The molecule has 37 heavy (non-hydrogen) atoms. The van der Waals surface area contributed by atoms with Crippen LogP contribution >= 0.6 is 0 Å². The molecule has 0 bridgehead atoms. The number of hydrogen-bond donors (Lipinski definition) is 2. The Morgan fingerprint density at radius 3 is 2.38 bits per heavy atom. The lowest BCUT2D eigenvalue weighted by Gasteiger charge is -2.18. The van der Waals surface area contributed by atoms with Crippen LogP contribution in [0.5, 0.6) is 0 Å². The van der Waals surface area contributed by atoms with Crippen molar-refractivity contribution in [2.75, 3.05) is 5.32 Å². The molecule has 0 aliphatic rings. The molecule has 2 amide bonds. The van der Waals surface area contributed by atoms with E-state index in [1.165, 1.54) is 5.56 Å². The Balaban J connectivity index is 1.63. The van der Waals surface area contributed by atoms with Crippen molar-refractivity contribution in [2.45, 2.75) is 41.5 Å². The van der Waals surface area contributed by atoms with Crippen molar-refractivity contribution in [3.05, 3.63) is 95.1 Å². The molecule has 4 rings (SSSR count). The van der Waals surface area contributed by atoms with Crippen LogP contribution in [-0.2, 0) is 4.79 Å². The van der Waals surface area contributed by atoms with Crippen molar-refractivity contribution in [1.82, 2.24) is 10.4 Å². The lowest BCUT2D eigenvalue weighted by molar-refractivity contribution is -0.123. The van der Waals surface area contributed by atoms with E-state index in [-0.39, 0.29) is 11.8 Å². The van der Waals surface area contributed by atoms with Crippen LogP contribution in [0.3, 0.4) is 0 Å². The molecule has 0 radical (unpaired) electrons. The molecule has 0 saturated carbocycles. The van der Waals surface area contributed by atoms with Gasteiger partial charge in [-0.3, -0.25) is 9.59 Å². The lowest BCUT2D eigenvalue weighted by Crippen LogP contribution is -2.27. The first-order valence-electron chi connectivity index (χ1n) is 12.3. The van der Waals surface area contributed by atoms with Gasteiger partial charge in [-0.05, 0) is 56.2 Å². The molecule has 6 heteroatoms. The number of nitrogens with zero attached hydrogens (tertiary/aromatic N) is 2. The maximum absolute atomic E-state index is 13.3. The number of anilines is 1. The number of amides is 2. The van der Waals surface area contributed by atoms with Crippen LogP contribution < -0.4 is 10.7 Å². The van der Waals surface area contributed by atoms with Crippen LogP contribution in [0.4, 0.5) is 5.69 Å². The van der Waals surface area contributed by atoms with Gasteiger partial charge in [0.1, 0.15) is 0 Å². The zero-order valence-electron chi connectivity index (χ0n) is 22.1. The normalized spacial score (nSPS) is 11.9. The number of pyridine rings is 1. The van der Waals surface area contributed by atoms with E-state index >= 15 is 0 Å². The summed E-state index contributed by atoms with van der Waals surface area (Å²) in [6.45, 7) is 11.5. The molecule has 0 aliphatic heterocycles. The van der Waals surface area contributed by atoms with E-state index in [4.69, 9.17) is 4.98 Å². The van der Waals surface area contributed by atoms with E-state index in [1.807, 2.05) is 101 Å². The predicted octanol–water partition coefficient (Wildman–Crippen LogP) is 6.66. The second-order valence-electron chi connectivity index (χ2n) is 10.3. The summed E-state index contributed by atoms with van der Waals surface area (Å²) >= 11 is 0. The second kappa shape index (κ2) is 10.3. The number of nitrogens with one attached hydrogen (secondary N) is 2. The molecule has 0 spiro atoms. The van der Waals surface area contributed by atoms with Gasteiger partial charge in [-0.2, -0.15) is 5.10 Å². The number of hydrogen-bond acceptors (Lipinski definition) is 4. The minimum Gasteiger partial charge on any atom is -0.326 e. The number of para-hydroxylation sites is 1. The van der Waals surface area contributed by atoms with Crippen molar-refractivity contribution in [1.29, 1.82) is 0 Å². The quantitative estimate of drug-likeness (QED) is 0.241. The minimum absolute atomic E-state index is 0.0725. The van der Waals surface area contributed by atoms with E-state index in [9.17, 15) is 9.59 Å². The fourth-order valence-corrected chi connectivity index (χ4v) is 4.00. The highest BCUT2D eigenvalue weighted by Crippen LogP contribution is 2.28. The number of hydrazone groups is 1. The zero-order chi connectivity index (χ0) is 26.7. The molecule has 6 nitrogen and oxygen atoms in total. The van der Waals surface area contributed by atoms with Crippen LogP contribution in [0.15, 0.2) is 77.9 Å². The fourth-order valence-electron chi connectivity index (χ4n) is 4.00. The topological polar surface area (TPSA) is 83.4 Å². The third-order valence-electron chi connectivity index (χ3n) is 6.16. The summed E-state index contributed by atoms with van der Waals surface area (Å²) in [5.41, 5.74) is 9.54. The largest absolute Gasteiger partial charge is 0.326 e. The molecule has 1 aromatic heterocycles. The van der Waals surface area contributed by atoms with Gasteiger partial charge in [-0.1, -0.05) is 74.9 Å². The summed E-state index contributed by atoms with van der Waals surface area (Å²) in [5.74, 6) is -0.391. The average Bonchev–Trinajstić information content (AvgIpc) is 2.86. The van der Waals surface area contributed by atoms with Gasteiger partial charge in [0.2, 0.25) is 5.91 Å². The van der Waals surface area contributed by atoms with E-state index in [1.54, 1.807) is 0 Å². The first-order chi connectivity index (χ1) is 17.5. The van der Waals surface area contributed by atoms with Crippen LogP contribution in [0.1, 0.15) is 54.7 Å². The second-order valence-corrected chi connectivity index (χ2v) is 10.3. The Morgan fingerprint density at radius 2 is 1.65 bits per heavy atom. The highest BCUT2D eigenvalue weighted by molar-refractivity contribution is 6.08. The van der Waals surface area contributed by atoms with Crippen LogP contribution in [0.25, 0.3) is 22.2 Å². The molecule has 0 fully saturated rings. The predicted molar refractivity (Wildman–Crippen MR) is 151 cm³/mol. The summed E-state index contributed by atoms with van der Waals surface area (Å²) in [5, 5.41) is 8.05. The highest BCUT2D eigenvalue weighted by atomic mass is 16.2. The standard InChI is InChI=1S/C31H32N4O2/c1-19-14-15-24(20(2)16-19)28-18-26(25-12-7-8-13-27(25)33-28)29(36)35-34-21(3)22-10-9-11-23(17-22)32-30(37)31(4,5)6/h7-18H,1-6H3,(H,32,37)(H,35,36)/b34-21-. The van der Waals surface area contributed by atoms with Crippen LogP contribution in [-0.4, -0.2) is 22.5 Å². The third-order valence-corrected chi connectivity index (χ3v) is 6.16. The molecule has 0 saturated heterocycles. The minimum atomic E-state index is -0.504. The van der Waals surface area contributed by atoms with E-state index in [2.05, 4.69) is 28.8 Å². The average molecular weight is 493 g/mol. The van der Waals surface area contributed by atoms with Gasteiger partial charge in [0, 0.05) is 22.1 Å². The number of carbonyl (C=O) groups excluding carboxylic acids is 2. The maximum Gasteiger partial charge on any atom is 0.272 e. The van der Waals surface area contributed by atoms with Gasteiger partial charge in [0.05, 0.1) is 22.5 Å². The van der Waals surface area contributed by atoms with Gasteiger partial charge >= 0.3 is 0 Å². The van der Waals surface area contributed by atoms with Gasteiger partial charge < -0.3 is 5.32 Å². The lowest BCUT2D eigenvalue weighted by atomic mass is 9.95. The highest BCUT2D eigenvalue weighted by Gasteiger charge is 2.21. The molecule has 4 aromatic rings. The van der Waals surface area contributed by atoms with E-state index < -0.39 is 5.41 Å². The summed E-state index contributed by atoms with van der Waals surface area (Å²) in [7, 11) is 0. The van der Waals surface area contributed by atoms with Crippen molar-refractivity contribution in [2.24, 2.45) is 10.5 Å². The summed E-state index contributed by atoms with van der Waals surface area (Å²) < 4.78 is 0. The zero-order valence-corrected chi connectivity index (χ0v) is 22.1. The van der Waals surface area contributed by atoms with Crippen molar-refractivity contribution >= 4 is 34.1 Å². The molecule has 1 heterocycles. The number of aryl methyl sites for hydroxylation is 2. The number of aromatic nitrogens is 1. The number of benzene rings is 3. The van der Waals surface area contributed by atoms with Crippen molar-refractivity contribution in [3.63, 3.8) is 0 Å². The molecule has 0 atom stereocenters. The maximum atomic E-state index is 13.3. The SMILES string of the molecule is C/C(=N/NC(=O)c1cc(-c2ccc(C)cc2C)nc2ccccc12)c1cccc(NC(=O)C(C)(C)C)c1. The number of rotatable bonds is 5. The van der Waals surface area contributed by atoms with Crippen molar-refractivity contribution in [3.8, 4) is 11.3 Å². The van der Waals surface area contributed by atoms with Gasteiger partial charge in [0.25, 0.3) is 5.91 Å². The number of carbonyl (C=O) groups is 2. The van der Waals surface area contributed by atoms with E-state index in [0.29, 0.717) is 17.0 Å².